The van der Waals surface area contributed by atoms with Gasteiger partial charge in [-0.1, -0.05) is 24.3 Å². The Bertz CT molecular complexity index is 735. The molecule has 0 fully saturated rings. The Hall–Kier alpha value is -1.40. The van der Waals surface area contributed by atoms with Crippen LogP contribution in [0.25, 0.3) is 0 Å². The van der Waals surface area contributed by atoms with E-state index in [2.05, 4.69) is 25.3 Å². The van der Waals surface area contributed by atoms with Gasteiger partial charge >= 0.3 is 6.18 Å². The van der Waals surface area contributed by atoms with Crippen molar-refractivity contribution in [1.29, 1.82) is 0 Å². The van der Waals surface area contributed by atoms with Crippen molar-refractivity contribution in [2.45, 2.75) is 39.7 Å². The Morgan fingerprint density at radius 3 is 2.43 bits per heavy atom. The Morgan fingerprint density at radius 1 is 1.18 bits per heavy atom. The first-order chi connectivity index (χ1) is 12.9. The van der Waals surface area contributed by atoms with E-state index < -0.39 is 12.8 Å². The van der Waals surface area contributed by atoms with Crippen LogP contribution in [0.3, 0.4) is 0 Å². The maximum atomic E-state index is 12.1. The highest BCUT2D eigenvalue weighted by Crippen LogP contribution is 2.16. The summed E-state index contributed by atoms with van der Waals surface area (Å²) in [5, 5.41) is 7.39. The minimum atomic E-state index is -4.30. The molecular formula is C18H24F3IN4OS. The van der Waals surface area contributed by atoms with Crippen LogP contribution in [-0.4, -0.2) is 30.3 Å². The van der Waals surface area contributed by atoms with Crippen molar-refractivity contribution in [2.75, 3.05) is 13.2 Å². The predicted octanol–water partition coefficient (Wildman–Crippen LogP) is 4.40. The Labute approximate surface area is 183 Å². The summed E-state index contributed by atoms with van der Waals surface area (Å²) in [6.07, 6.45) is -2.46. The van der Waals surface area contributed by atoms with Crippen LogP contribution >= 0.6 is 35.3 Å². The van der Waals surface area contributed by atoms with Gasteiger partial charge in [-0.3, -0.25) is 0 Å². The number of rotatable bonds is 8. The van der Waals surface area contributed by atoms with Gasteiger partial charge in [0.05, 0.1) is 19.7 Å². The fourth-order valence-electron chi connectivity index (χ4n) is 2.18. The standard InChI is InChI=1S/C18H23F3N4OS.HI/c1-3-22-17(25-10-16-23-8-13(2)27-16)24-9-14-4-6-15(7-5-14)11-26-12-18(19,20)21;/h4-8H,3,9-12H2,1-2H3,(H2,22,24,25);1H. The highest BCUT2D eigenvalue weighted by Gasteiger charge is 2.27. The van der Waals surface area contributed by atoms with E-state index in [0.717, 1.165) is 22.0 Å². The van der Waals surface area contributed by atoms with Crippen LogP contribution in [0, 0.1) is 6.92 Å². The van der Waals surface area contributed by atoms with Gasteiger partial charge in [0, 0.05) is 17.6 Å². The topological polar surface area (TPSA) is 58.5 Å². The van der Waals surface area contributed by atoms with Gasteiger partial charge in [0.1, 0.15) is 11.6 Å². The second-order valence-electron chi connectivity index (χ2n) is 5.84. The lowest BCUT2D eigenvalue weighted by Gasteiger charge is -2.10. The third-order valence-electron chi connectivity index (χ3n) is 3.40. The molecule has 10 heteroatoms. The summed E-state index contributed by atoms with van der Waals surface area (Å²) in [5.74, 6) is 0.683. The molecule has 0 aliphatic heterocycles. The highest BCUT2D eigenvalue weighted by atomic mass is 127. The highest BCUT2D eigenvalue weighted by molar-refractivity contribution is 14.0. The molecular weight excluding hydrogens is 504 g/mol. The second kappa shape index (κ2) is 12.2. The third-order valence-corrected chi connectivity index (χ3v) is 4.31. The summed E-state index contributed by atoms with van der Waals surface area (Å²) < 4.78 is 40.9. The van der Waals surface area contributed by atoms with Gasteiger partial charge in [-0.25, -0.2) is 9.98 Å². The van der Waals surface area contributed by atoms with Gasteiger partial charge in [0.2, 0.25) is 0 Å². The van der Waals surface area contributed by atoms with E-state index in [1.807, 2.05) is 32.2 Å². The molecule has 1 aromatic carbocycles. The van der Waals surface area contributed by atoms with E-state index in [4.69, 9.17) is 0 Å². The number of nitrogens with zero attached hydrogens (tertiary/aromatic N) is 2. The maximum Gasteiger partial charge on any atom is 0.411 e. The van der Waals surface area contributed by atoms with Crippen molar-refractivity contribution in [2.24, 2.45) is 4.99 Å². The van der Waals surface area contributed by atoms with Crippen molar-refractivity contribution in [3.05, 3.63) is 51.5 Å². The smallest absolute Gasteiger partial charge is 0.367 e. The summed E-state index contributed by atoms with van der Waals surface area (Å²) in [6.45, 7) is 4.47. The van der Waals surface area contributed by atoms with Crippen LogP contribution in [0.1, 0.15) is 27.9 Å². The molecule has 2 N–H and O–H groups in total. The van der Waals surface area contributed by atoms with Gasteiger partial charge in [-0.05, 0) is 25.0 Å². The molecule has 0 radical (unpaired) electrons. The average Bonchev–Trinajstić information content (AvgIpc) is 3.03. The molecule has 2 aromatic rings. The largest absolute Gasteiger partial charge is 0.411 e. The molecule has 0 saturated carbocycles. The lowest BCUT2D eigenvalue weighted by Crippen LogP contribution is -2.36. The number of aryl methyl sites for hydroxylation is 1. The van der Waals surface area contributed by atoms with Crippen molar-refractivity contribution < 1.29 is 17.9 Å². The first-order valence-electron chi connectivity index (χ1n) is 8.51. The van der Waals surface area contributed by atoms with Crippen molar-refractivity contribution in [3.63, 3.8) is 0 Å². The molecule has 0 amide bonds. The van der Waals surface area contributed by atoms with Crippen LogP contribution in [-0.2, 0) is 24.4 Å². The van der Waals surface area contributed by atoms with Gasteiger partial charge in [-0.15, -0.1) is 35.3 Å². The quantitative estimate of drug-likeness (QED) is 0.303. The zero-order valence-electron chi connectivity index (χ0n) is 15.7. The van der Waals surface area contributed by atoms with Gasteiger partial charge < -0.3 is 15.4 Å². The number of alkyl halides is 3. The minimum Gasteiger partial charge on any atom is -0.367 e. The summed E-state index contributed by atoms with van der Waals surface area (Å²) in [5.41, 5.74) is 1.65. The Morgan fingerprint density at radius 2 is 1.86 bits per heavy atom. The monoisotopic (exact) mass is 528 g/mol. The number of ether oxygens (including phenoxy) is 1. The number of aromatic nitrogens is 1. The molecule has 0 aliphatic carbocycles. The van der Waals surface area contributed by atoms with Crippen molar-refractivity contribution >= 4 is 41.3 Å². The lowest BCUT2D eigenvalue weighted by molar-refractivity contribution is -0.176. The van der Waals surface area contributed by atoms with E-state index in [1.54, 1.807) is 23.5 Å². The van der Waals surface area contributed by atoms with Crippen LogP contribution in [0.4, 0.5) is 13.2 Å². The summed E-state index contributed by atoms with van der Waals surface area (Å²) in [4.78, 5) is 9.99. The van der Waals surface area contributed by atoms with E-state index in [1.165, 1.54) is 0 Å². The number of hydrogen-bond acceptors (Lipinski definition) is 4. The predicted molar refractivity (Wildman–Crippen MR) is 116 cm³/mol. The van der Waals surface area contributed by atoms with E-state index in [9.17, 15) is 13.2 Å². The number of benzene rings is 1. The molecule has 2 rings (SSSR count). The molecule has 0 atom stereocenters. The summed E-state index contributed by atoms with van der Waals surface area (Å²) in [6, 6.07) is 7.17. The Kier molecular flexibility index (Phi) is 10.8. The van der Waals surface area contributed by atoms with Crippen molar-refractivity contribution in [1.82, 2.24) is 15.6 Å². The average molecular weight is 528 g/mol. The minimum absolute atomic E-state index is 0. The molecule has 0 aliphatic rings. The van der Waals surface area contributed by atoms with Crippen molar-refractivity contribution in [3.8, 4) is 0 Å². The van der Waals surface area contributed by atoms with E-state index in [-0.39, 0.29) is 30.6 Å². The number of aliphatic imine (C=N–C) groups is 1. The molecule has 156 valence electrons. The third kappa shape index (κ3) is 9.69. The maximum absolute atomic E-state index is 12.1. The van der Waals surface area contributed by atoms with Gasteiger partial charge in [0.25, 0.3) is 0 Å². The normalized spacial score (nSPS) is 11.8. The molecule has 1 aromatic heterocycles. The zero-order valence-corrected chi connectivity index (χ0v) is 18.8. The lowest BCUT2D eigenvalue weighted by atomic mass is 10.1. The molecule has 1 heterocycles. The van der Waals surface area contributed by atoms with Gasteiger partial charge in [-0.2, -0.15) is 13.2 Å². The van der Waals surface area contributed by atoms with E-state index >= 15 is 0 Å². The number of thiazole rings is 1. The summed E-state index contributed by atoms with van der Waals surface area (Å²) >= 11 is 1.63. The number of halogens is 4. The van der Waals surface area contributed by atoms with Crippen LogP contribution in [0.15, 0.2) is 35.5 Å². The Balaban J connectivity index is 0.00000392. The first kappa shape index (κ1) is 24.6. The molecule has 0 spiro atoms. The van der Waals surface area contributed by atoms with E-state index in [0.29, 0.717) is 24.6 Å². The molecule has 0 unspecified atom stereocenters. The SMILES string of the molecule is CCNC(=NCc1ccc(COCC(F)(F)F)cc1)NCc1ncc(C)s1.I. The number of guanidine groups is 1. The zero-order chi connectivity index (χ0) is 19.7. The molecule has 0 saturated heterocycles. The van der Waals surface area contributed by atoms with Crippen LogP contribution in [0.2, 0.25) is 0 Å². The first-order valence-corrected chi connectivity index (χ1v) is 9.33. The van der Waals surface area contributed by atoms with Crippen LogP contribution in [0.5, 0.6) is 0 Å². The number of nitrogens with one attached hydrogen (secondary N) is 2. The molecule has 0 bridgehead atoms. The fraction of sp³-hybridized carbons (Fsp3) is 0.444. The fourth-order valence-corrected chi connectivity index (χ4v) is 2.91. The number of hydrogen-bond donors (Lipinski definition) is 2. The summed E-state index contributed by atoms with van der Waals surface area (Å²) in [7, 11) is 0. The van der Waals surface area contributed by atoms with Gasteiger partial charge in [0.15, 0.2) is 5.96 Å². The van der Waals surface area contributed by atoms with Crippen LogP contribution < -0.4 is 10.6 Å². The second-order valence-corrected chi connectivity index (χ2v) is 7.16. The molecule has 5 nitrogen and oxygen atoms in total. The molecule has 28 heavy (non-hydrogen) atoms.